The van der Waals surface area contributed by atoms with Crippen LogP contribution in [0, 0.1) is 0 Å². The van der Waals surface area contributed by atoms with Crippen LogP contribution >= 0.6 is 15.6 Å². The van der Waals surface area contributed by atoms with E-state index >= 15 is 0 Å². The predicted molar refractivity (Wildman–Crippen MR) is 26.7 cm³/mol. The maximum absolute atomic E-state index is 8.55. The van der Waals surface area contributed by atoms with Crippen molar-refractivity contribution in [3.05, 3.63) is 0 Å². The molecule has 0 aliphatic carbocycles. The van der Waals surface area contributed by atoms with Gasteiger partial charge in [0.05, 0.1) is 0 Å². The molecule has 12 heavy (non-hydrogen) atoms. The van der Waals surface area contributed by atoms with Gasteiger partial charge in [0.25, 0.3) is 0 Å². The molecule has 0 atom stereocenters. The fourth-order valence-electron chi connectivity index (χ4n) is 0. The van der Waals surface area contributed by atoms with Crippen molar-refractivity contribution < 1.29 is 38.5 Å². The summed E-state index contributed by atoms with van der Waals surface area (Å²) >= 11 is 0. The zero-order valence-corrected chi connectivity index (χ0v) is 11.6. The molecule has 0 aliphatic heterocycles. The Morgan fingerprint density at radius 1 is 0.667 bits per heavy atom. The molecular formula is O8P2SiSr. The Morgan fingerprint density at radius 3 is 0.667 bits per heavy atom. The molecule has 0 N–H and O–H groups in total. The molecular weight excluding hydrogens is 306 g/mol. The average molecular weight is 306 g/mol. The molecule has 0 saturated heterocycles. The Morgan fingerprint density at radius 2 is 0.667 bits per heavy atom. The topological polar surface area (TPSA) is 172 Å². The summed E-state index contributed by atoms with van der Waals surface area (Å²) in [5.41, 5.74) is 0. The van der Waals surface area contributed by atoms with Crippen LogP contribution in [0.2, 0.25) is 0 Å². The summed E-state index contributed by atoms with van der Waals surface area (Å²) in [7, 11) is -10.8. The van der Waals surface area contributed by atoms with Crippen LogP contribution in [0.1, 0.15) is 0 Å². The number of rotatable bonds is 0. The number of hydrogen-bond donors (Lipinski definition) is 0. The van der Waals surface area contributed by atoms with Crippen molar-refractivity contribution in [3.63, 3.8) is 0 Å². The van der Waals surface area contributed by atoms with E-state index in [2.05, 4.69) is 0 Å². The quantitative estimate of drug-likeness (QED) is 0.313. The fourth-order valence-corrected chi connectivity index (χ4v) is 0. The first-order valence-electron chi connectivity index (χ1n) is 1.46. The minimum absolute atomic E-state index is 0. The van der Waals surface area contributed by atoms with Crippen molar-refractivity contribution in [3.8, 4) is 0 Å². The first-order chi connectivity index (χ1) is 4.00. The summed E-state index contributed by atoms with van der Waals surface area (Å²) in [5, 5.41) is 0. The zero-order chi connectivity index (χ0) is 9.00. The second kappa shape index (κ2) is 9.47. The van der Waals surface area contributed by atoms with Gasteiger partial charge >= 0.3 is 56.4 Å². The molecule has 0 rings (SSSR count). The molecule has 0 spiro atoms. The van der Waals surface area contributed by atoms with Crippen LogP contribution in [0.25, 0.3) is 0 Å². The zero-order valence-electron chi connectivity index (χ0n) is 5.37. The van der Waals surface area contributed by atoms with Gasteiger partial charge in [0, 0.05) is 0 Å². The summed E-state index contributed by atoms with van der Waals surface area (Å²) in [6.07, 6.45) is 0. The van der Waals surface area contributed by atoms with Gasteiger partial charge in [-0.15, -0.1) is 0 Å². The Bertz CT molecular complexity index is 129. The summed E-state index contributed by atoms with van der Waals surface area (Å²) in [6.45, 7) is 0. The van der Waals surface area contributed by atoms with Crippen molar-refractivity contribution in [2.24, 2.45) is 0 Å². The monoisotopic (exact) mass is 306 g/mol. The fraction of sp³-hybridized carbons (Fsp3) is 0. The van der Waals surface area contributed by atoms with Crippen molar-refractivity contribution in [2.75, 3.05) is 0 Å². The predicted octanol–water partition coefficient (Wildman–Crippen LogP) is -6.41. The summed E-state index contributed by atoms with van der Waals surface area (Å²) < 4.78 is 17.1. The molecule has 0 amide bonds. The Labute approximate surface area is 109 Å². The van der Waals surface area contributed by atoms with Gasteiger partial charge in [-0.1, -0.05) is 0 Å². The van der Waals surface area contributed by atoms with Crippen molar-refractivity contribution in [2.45, 2.75) is 0 Å². The van der Waals surface area contributed by atoms with E-state index < -0.39 is 15.6 Å². The minimum atomic E-state index is -5.39. The molecule has 0 heterocycles. The molecule has 0 aromatic heterocycles. The summed E-state index contributed by atoms with van der Waals surface area (Å²) in [5.74, 6) is 0. The third-order valence-electron chi connectivity index (χ3n) is 0. The normalized spacial score (nSPS) is 9.83. The third kappa shape index (κ3) is 386. The average Bonchev–Trinajstić information content (AvgIpc) is 1.12. The Kier molecular flexibility index (Phi) is 18.6. The molecule has 12 heteroatoms. The van der Waals surface area contributed by atoms with E-state index in [1.54, 1.807) is 0 Å². The van der Waals surface area contributed by atoms with Crippen LogP contribution in [0.15, 0.2) is 0 Å². The first-order valence-corrected chi connectivity index (χ1v) is 4.38. The maximum atomic E-state index is 8.55. The van der Waals surface area contributed by atoms with Gasteiger partial charge in [0.2, 0.25) is 0 Å². The van der Waals surface area contributed by atoms with E-state index in [4.69, 9.17) is 38.5 Å². The van der Waals surface area contributed by atoms with E-state index in [-0.39, 0.29) is 56.4 Å². The van der Waals surface area contributed by atoms with Crippen LogP contribution in [-0.4, -0.2) is 56.4 Å². The maximum Gasteiger partial charge on any atom is 4.00 e. The molecule has 8 nitrogen and oxygen atoms in total. The van der Waals surface area contributed by atoms with E-state index in [0.29, 0.717) is 0 Å². The van der Waals surface area contributed by atoms with Crippen LogP contribution in [0.3, 0.4) is 0 Å². The summed E-state index contributed by atoms with van der Waals surface area (Å²) in [6, 6.07) is 0. The van der Waals surface area contributed by atoms with Gasteiger partial charge in [0.15, 0.2) is 0 Å². The third-order valence-corrected chi connectivity index (χ3v) is 0. The first kappa shape index (κ1) is 23.6. The molecule has 0 unspecified atom stereocenters. The van der Waals surface area contributed by atoms with Gasteiger partial charge in [-0.25, -0.2) is 0 Å². The van der Waals surface area contributed by atoms with Gasteiger partial charge in [-0.3, -0.25) is 0 Å². The van der Waals surface area contributed by atoms with Crippen LogP contribution in [0.5, 0.6) is 0 Å². The number of phosphoric acid groups is 2. The second-order valence-electron chi connectivity index (χ2n) is 0.894. The van der Waals surface area contributed by atoms with E-state index in [1.165, 1.54) is 0 Å². The molecule has 0 aromatic carbocycles. The standard InChI is InChI=1S/2H3O4P.Si.Sr/c2*1-5(2,3)4;;/h2*(H3,1,2,3,4);;/q;;+4;+2/p-6. The van der Waals surface area contributed by atoms with Crippen LogP contribution in [-0.2, 0) is 9.13 Å². The molecule has 0 aliphatic rings. The molecule has 0 radical (unpaired) electrons. The Hall–Kier alpha value is 1.92. The van der Waals surface area contributed by atoms with Gasteiger partial charge < -0.3 is 38.5 Å². The summed E-state index contributed by atoms with van der Waals surface area (Å²) in [4.78, 5) is 51.3. The van der Waals surface area contributed by atoms with E-state index in [1.807, 2.05) is 0 Å². The van der Waals surface area contributed by atoms with E-state index in [0.717, 1.165) is 0 Å². The van der Waals surface area contributed by atoms with Crippen LogP contribution < -0.4 is 29.4 Å². The van der Waals surface area contributed by atoms with Crippen molar-refractivity contribution in [1.29, 1.82) is 0 Å². The smallest absolute Gasteiger partial charge is 0.822 e. The minimum Gasteiger partial charge on any atom is -0.822 e. The molecule has 0 aromatic rings. The molecule has 64 valence electrons. The SMILES string of the molecule is O=P([O-])([O-])[O-].O=P([O-])([O-])[O-].[Si+4].[Sr+2]. The van der Waals surface area contributed by atoms with Gasteiger partial charge in [-0.05, 0) is 0 Å². The number of hydrogen-bond acceptors (Lipinski definition) is 8. The Balaban J connectivity index is -0.0000000457. The molecule has 0 bridgehead atoms. The van der Waals surface area contributed by atoms with Gasteiger partial charge in [0.1, 0.15) is 0 Å². The largest absolute Gasteiger partial charge is 4.00 e. The van der Waals surface area contributed by atoms with Crippen molar-refractivity contribution >= 4 is 72.1 Å². The second-order valence-corrected chi connectivity index (χ2v) is 2.68. The van der Waals surface area contributed by atoms with E-state index in [9.17, 15) is 0 Å². The van der Waals surface area contributed by atoms with Crippen LogP contribution in [0.4, 0.5) is 0 Å². The van der Waals surface area contributed by atoms with Crippen molar-refractivity contribution in [1.82, 2.24) is 0 Å². The molecule has 0 fully saturated rings. The van der Waals surface area contributed by atoms with Gasteiger partial charge in [-0.2, -0.15) is 15.6 Å². The molecule has 0 saturated carbocycles.